The maximum absolute atomic E-state index is 13.6. The Morgan fingerprint density at radius 1 is 0.943 bits per heavy atom. The van der Waals surface area contributed by atoms with E-state index in [2.05, 4.69) is 45.2 Å². The Morgan fingerprint density at radius 2 is 1.60 bits per heavy atom. The predicted molar refractivity (Wildman–Crippen MR) is 141 cm³/mol. The van der Waals surface area contributed by atoms with Gasteiger partial charge in [0, 0.05) is 23.1 Å². The van der Waals surface area contributed by atoms with Gasteiger partial charge in [-0.15, -0.1) is 0 Å². The summed E-state index contributed by atoms with van der Waals surface area (Å²) in [6.45, 7) is 3.46. The lowest BCUT2D eigenvalue weighted by Gasteiger charge is -2.32. The molecule has 180 valence electrons. The Labute approximate surface area is 214 Å². The van der Waals surface area contributed by atoms with E-state index in [1.807, 2.05) is 42.2 Å². The molecular formula is C28H27BrN2O3S. The summed E-state index contributed by atoms with van der Waals surface area (Å²) in [6, 6.07) is 24.9. The van der Waals surface area contributed by atoms with Gasteiger partial charge in [0.15, 0.2) is 0 Å². The molecule has 4 aromatic rings. The Kier molecular flexibility index (Phi) is 6.80. The Morgan fingerprint density at radius 3 is 2.26 bits per heavy atom. The highest BCUT2D eigenvalue weighted by Crippen LogP contribution is 2.37. The van der Waals surface area contributed by atoms with Gasteiger partial charge in [-0.3, -0.25) is 0 Å². The minimum atomic E-state index is -3.86. The number of halogens is 1. The van der Waals surface area contributed by atoms with E-state index >= 15 is 0 Å². The Balaban J connectivity index is 1.46. The van der Waals surface area contributed by atoms with Crippen molar-refractivity contribution >= 4 is 31.7 Å². The number of nitrogens with zero attached hydrogens (tertiary/aromatic N) is 2. The van der Waals surface area contributed by atoms with E-state index in [-0.39, 0.29) is 9.92 Å². The molecule has 0 spiro atoms. The van der Waals surface area contributed by atoms with E-state index in [9.17, 15) is 8.42 Å². The summed E-state index contributed by atoms with van der Waals surface area (Å²) in [5, 5.41) is -0.0168. The molecule has 7 heteroatoms. The molecule has 1 saturated heterocycles. The van der Waals surface area contributed by atoms with Gasteiger partial charge in [0.1, 0.15) is 0 Å². The quantitative estimate of drug-likeness (QED) is 0.267. The topological polar surface area (TPSA) is 63.4 Å². The number of aromatic nitrogens is 1. The third-order valence-electron chi connectivity index (χ3n) is 6.53. The normalized spacial score (nSPS) is 14.9. The molecule has 0 amide bonds. The fourth-order valence-corrected chi connectivity index (χ4v) is 6.09. The summed E-state index contributed by atoms with van der Waals surface area (Å²) in [5.41, 5.74) is 3.21. The second-order valence-electron chi connectivity index (χ2n) is 9.07. The molecule has 3 aromatic carbocycles. The molecule has 0 aliphatic carbocycles. The number of hydrogen-bond donors (Lipinski definition) is 0. The van der Waals surface area contributed by atoms with Crippen LogP contribution in [0.5, 0.6) is 0 Å². The largest absolute Gasteiger partial charge is 0.419 e. The number of aryl methyl sites for hydroxylation is 1. The molecule has 5 nitrogen and oxygen atoms in total. The van der Waals surface area contributed by atoms with Crippen LogP contribution < -0.4 is 4.90 Å². The zero-order valence-electron chi connectivity index (χ0n) is 19.5. The highest BCUT2D eigenvalue weighted by Gasteiger charge is 2.33. The van der Waals surface area contributed by atoms with Gasteiger partial charge in [-0.2, -0.15) is 4.98 Å². The lowest BCUT2D eigenvalue weighted by molar-refractivity contribution is 0.387. The van der Waals surface area contributed by atoms with Crippen LogP contribution in [0.4, 0.5) is 5.88 Å². The molecule has 0 bridgehead atoms. The van der Waals surface area contributed by atoms with Crippen LogP contribution >= 0.6 is 15.9 Å². The number of hydrogen-bond acceptors (Lipinski definition) is 5. The smallest absolute Gasteiger partial charge is 0.236 e. The van der Waals surface area contributed by atoms with Gasteiger partial charge in [-0.1, -0.05) is 64.0 Å². The number of rotatable bonds is 6. The SMILES string of the molecule is Cc1ccc(-c2nc(S(=O)(=O)c3ccc(Br)cc3)c(N3CCC(Cc4ccccc4)CC3)o2)cc1. The third kappa shape index (κ3) is 5.21. The van der Waals surface area contributed by atoms with Crippen molar-refractivity contribution in [1.82, 2.24) is 4.98 Å². The van der Waals surface area contributed by atoms with Crippen LogP contribution in [0.1, 0.15) is 24.0 Å². The van der Waals surface area contributed by atoms with E-state index in [1.165, 1.54) is 5.56 Å². The van der Waals surface area contributed by atoms with Gasteiger partial charge in [0.25, 0.3) is 0 Å². The maximum atomic E-state index is 13.6. The van der Waals surface area contributed by atoms with Crippen molar-refractivity contribution < 1.29 is 12.8 Å². The van der Waals surface area contributed by atoms with Crippen LogP contribution in [0.25, 0.3) is 11.5 Å². The van der Waals surface area contributed by atoms with Crippen molar-refractivity contribution in [3.63, 3.8) is 0 Å². The van der Waals surface area contributed by atoms with Crippen LogP contribution in [0.2, 0.25) is 0 Å². The number of anilines is 1. The van der Waals surface area contributed by atoms with Crippen LogP contribution in [0.15, 0.2) is 97.7 Å². The molecule has 5 rings (SSSR count). The number of oxazole rings is 1. The van der Waals surface area contributed by atoms with Gasteiger partial charge >= 0.3 is 0 Å². The lowest BCUT2D eigenvalue weighted by atomic mass is 9.90. The monoisotopic (exact) mass is 550 g/mol. The molecule has 35 heavy (non-hydrogen) atoms. The highest BCUT2D eigenvalue weighted by molar-refractivity contribution is 9.10. The fourth-order valence-electron chi connectivity index (χ4n) is 4.51. The summed E-state index contributed by atoms with van der Waals surface area (Å²) >= 11 is 3.38. The van der Waals surface area contributed by atoms with Gasteiger partial charge in [-0.25, -0.2) is 8.42 Å². The van der Waals surface area contributed by atoms with Crippen LogP contribution in [-0.2, 0) is 16.3 Å². The van der Waals surface area contributed by atoms with E-state index in [1.54, 1.807) is 24.3 Å². The van der Waals surface area contributed by atoms with Crippen molar-refractivity contribution in [2.75, 3.05) is 18.0 Å². The van der Waals surface area contributed by atoms with Crippen molar-refractivity contribution in [3.8, 4) is 11.5 Å². The number of sulfone groups is 1. The Bertz CT molecular complexity index is 1390. The first kappa shape index (κ1) is 23.8. The summed E-state index contributed by atoms with van der Waals surface area (Å²) in [6.07, 6.45) is 2.96. The maximum Gasteiger partial charge on any atom is 0.236 e. The highest BCUT2D eigenvalue weighted by atomic mass is 79.9. The molecule has 0 N–H and O–H groups in total. The van der Waals surface area contributed by atoms with Crippen molar-refractivity contribution in [3.05, 3.63) is 94.5 Å². The average molecular weight is 552 g/mol. The van der Waals surface area contributed by atoms with Gasteiger partial charge in [-0.05, 0) is 74.1 Å². The van der Waals surface area contributed by atoms with Gasteiger partial charge in [0.2, 0.25) is 26.6 Å². The standard InChI is InChI=1S/C28H27BrN2O3S/c1-20-7-9-23(10-8-20)26-30-27(35(32,33)25-13-11-24(29)12-14-25)28(34-26)31-17-15-22(16-18-31)19-21-5-3-2-4-6-21/h2-14,22H,15-19H2,1H3. The summed E-state index contributed by atoms with van der Waals surface area (Å²) in [4.78, 5) is 6.77. The van der Waals surface area contributed by atoms with Crippen LogP contribution in [0, 0.1) is 12.8 Å². The molecule has 0 saturated carbocycles. The second-order valence-corrected chi connectivity index (χ2v) is 11.9. The summed E-state index contributed by atoms with van der Waals surface area (Å²) in [5.74, 6) is 1.21. The molecule has 1 aliphatic heterocycles. The van der Waals surface area contributed by atoms with E-state index in [4.69, 9.17) is 4.42 Å². The van der Waals surface area contributed by atoms with Gasteiger partial charge in [0.05, 0.1) is 4.90 Å². The molecule has 0 atom stereocenters. The third-order valence-corrected chi connectivity index (χ3v) is 8.72. The molecule has 0 radical (unpaired) electrons. The van der Waals surface area contributed by atoms with Crippen molar-refractivity contribution in [1.29, 1.82) is 0 Å². The molecule has 1 aliphatic rings. The molecule has 1 aromatic heterocycles. The first-order chi connectivity index (χ1) is 16.9. The minimum absolute atomic E-state index is 0.0168. The zero-order chi connectivity index (χ0) is 24.4. The lowest BCUT2D eigenvalue weighted by Crippen LogP contribution is -2.34. The second kappa shape index (κ2) is 9.99. The average Bonchev–Trinajstić information content (AvgIpc) is 3.32. The van der Waals surface area contributed by atoms with E-state index in [0.717, 1.165) is 48.0 Å². The molecule has 0 unspecified atom stereocenters. The zero-order valence-corrected chi connectivity index (χ0v) is 21.9. The van der Waals surface area contributed by atoms with Gasteiger partial charge < -0.3 is 9.32 Å². The van der Waals surface area contributed by atoms with Crippen molar-refractivity contribution in [2.45, 2.75) is 36.1 Å². The molecule has 2 heterocycles. The Hall–Kier alpha value is -2.90. The minimum Gasteiger partial charge on any atom is -0.419 e. The van der Waals surface area contributed by atoms with Crippen LogP contribution in [0.3, 0.4) is 0 Å². The van der Waals surface area contributed by atoms with E-state index in [0.29, 0.717) is 17.7 Å². The first-order valence-corrected chi connectivity index (χ1v) is 14.0. The summed E-state index contributed by atoms with van der Waals surface area (Å²) < 4.78 is 34.3. The molecular weight excluding hydrogens is 524 g/mol. The van der Waals surface area contributed by atoms with Crippen molar-refractivity contribution in [2.24, 2.45) is 5.92 Å². The van der Waals surface area contributed by atoms with Crippen LogP contribution in [-0.4, -0.2) is 26.5 Å². The van der Waals surface area contributed by atoms with E-state index < -0.39 is 9.84 Å². The summed E-state index contributed by atoms with van der Waals surface area (Å²) in [7, 11) is -3.86. The number of piperidine rings is 1. The predicted octanol–water partition coefficient (Wildman–Crippen LogP) is 6.70. The molecule has 1 fully saturated rings. The number of benzene rings is 3. The fraction of sp³-hybridized carbons (Fsp3) is 0.250. The first-order valence-electron chi connectivity index (χ1n) is 11.8.